The van der Waals surface area contributed by atoms with Crippen LogP contribution >= 0.6 is 0 Å². The van der Waals surface area contributed by atoms with Crippen LogP contribution in [0.5, 0.6) is 5.75 Å². The van der Waals surface area contributed by atoms with E-state index in [1.807, 2.05) is 6.92 Å². The summed E-state index contributed by atoms with van der Waals surface area (Å²) in [6.07, 6.45) is 1.80. The second-order valence-electron chi connectivity index (χ2n) is 6.41. The Morgan fingerprint density at radius 1 is 1.35 bits per heavy atom. The summed E-state index contributed by atoms with van der Waals surface area (Å²) in [5.41, 5.74) is -0.721. The summed E-state index contributed by atoms with van der Waals surface area (Å²) in [6, 6.07) is 6.60. The van der Waals surface area contributed by atoms with Crippen molar-refractivity contribution in [1.82, 2.24) is 15.0 Å². The molecule has 2 heterocycles. The Labute approximate surface area is 150 Å². The molecule has 1 aliphatic heterocycles. The lowest BCUT2D eigenvalue weighted by Gasteiger charge is -2.31. The second-order valence-corrected chi connectivity index (χ2v) is 6.41. The van der Waals surface area contributed by atoms with Crippen molar-refractivity contribution < 1.29 is 24.0 Å². The fraction of sp³-hybridized carbons (Fsp3) is 0.444. The van der Waals surface area contributed by atoms with Crippen LogP contribution < -0.4 is 4.74 Å². The van der Waals surface area contributed by atoms with Crippen LogP contribution in [0.1, 0.15) is 48.8 Å². The number of carbonyl (C=O) groups is 2. The molecule has 1 aliphatic rings. The maximum atomic E-state index is 12.7. The van der Waals surface area contributed by atoms with E-state index in [0.29, 0.717) is 48.8 Å². The summed E-state index contributed by atoms with van der Waals surface area (Å²) in [4.78, 5) is 29.8. The van der Waals surface area contributed by atoms with E-state index in [0.717, 1.165) is 0 Å². The summed E-state index contributed by atoms with van der Waals surface area (Å²) in [7, 11) is 0. The largest absolute Gasteiger partial charge is 0.485 e. The van der Waals surface area contributed by atoms with E-state index in [-0.39, 0.29) is 12.5 Å². The van der Waals surface area contributed by atoms with Gasteiger partial charge < -0.3 is 19.3 Å². The van der Waals surface area contributed by atoms with Crippen molar-refractivity contribution in [1.29, 1.82) is 0 Å². The molecule has 8 nitrogen and oxygen atoms in total. The number of carbonyl (C=O) groups excluding carboxylic acids is 1. The molecule has 1 saturated heterocycles. The van der Waals surface area contributed by atoms with Crippen molar-refractivity contribution >= 4 is 11.9 Å². The first-order valence-corrected chi connectivity index (χ1v) is 8.53. The number of rotatable bonds is 6. The van der Waals surface area contributed by atoms with Gasteiger partial charge in [0.15, 0.2) is 6.61 Å². The Hall–Kier alpha value is -2.90. The van der Waals surface area contributed by atoms with Gasteiger partial charge in [-0.3, -0.25) is 4.79 Å². The number of aliphatic carboxylic acids is 1. The lowest BCUT2D eigenvalue weighted by Crippen LogP contribution is -2.50. The SMILES string of the molecule is CCc1nc(COc2ccc(C(=O)N3CCCC3(C)C(=O)O)cc2)no1. The minimum absolute atomic E-state index is 0.167. The summed E-state index contributed by atoms with van der Waals surface area (Å²) in [5, 5.41) is 13.3. The van der Waals surface area contributed by atoms with Crippen molar-refractivity contribution in [3.63, 3.8) is 0 Å². The first-order valence-electron chi connectivity index (χ1n) is 8.53. The number of aromatic nitrogens is 2. The molecule has 1 unspecified atom stereocenters. The third kappa shape index (κ3) is 3.40. The highest BCUT2D eigenvalue weighted by Gasteiger charge is 2.46. The van der Waals surface area contributed by atoms with Crippen LogP contribution in [0.3, 0.4) is 0 Å². The Morgan fingerprint density at radius 2 is 2.08 bits per heavy atom. The molecule has 0 bridgehead atoms. The average Bonchev–Trinajstić information content (AvgIpc) is 3.27. The molecule has 0 aliphatic carbocycles. The zero-order valence-corrected chi connectivity index (χ0v) is 14.8. The highest BCUT2D eigenvalue weighted by Crippen LogP contribution is 2.31. The molecule has 2 aromatic rings. The van der Waals surface area contributed by atoms with Crippen LogP contribution in [0, 0.1) is 0 Å². The standard InChI is InChI=1S/C18H21N3O5/c1-3-15-19-14(20-26-15)11-25-13-7-5-12(6-8-13)16(22)21-10-4-9-18(21,2)17(23)24/h5-8H,3-4,9-11H2,1-2H3,(H,23,24). The van der Waals surface area contributed by atoms with Gasteiger partial charge in [0, 0.05) is 18.5 Å². The molecule has 1 atom stereocenters. The number of aryl methyl sites for hydroxylation is 1. The lowest BCUT2D eigenvalue weighted by molar-refractivity contribution is -0.147. The van der Waals surface area contributed by atoms with Crippen molar-refractivity contribution in [3.8, 4) is 5.75 Å². The number of likely N-dealkylation sites (tertiary alicyclic amines) is 1. The number of carboxylic acid groups (broad SMARTS) is 1. The number of amides is 1. The minimum atomic E-state index is -1.15. The summed E-state index contributed by atoms with van der Waals surface area (Å²) < 4.78 is 10.6. The Morgan fingerprint density at radius 3 is 2.69 bits per heavy atom. The van der Waals surface area contributed by atoms with Gasteiger partial charge in [0.25, 0.3) is 5.91 Å². The molecule has 1 fully saturated rings. The van der Waals surface area contributed by atoms with Gasteiger partial charge >= 0.3 is 5.97 Å². The van der Waals surface area contributed by atoms with Gasteiger partial charge in [-0.15, -0.1) is 0 Å². The Kier molecular flexibility index (Phi) is 4.92. The molecule has 0 radical (unpaired) electrons. The number of carboxylic acids is 1. The van der Waals surface area contributed by atoms with Gasteiger partial charge in [-0.25, -0.2) is 4.79 Å². The molecule has 0 saturated carbocycles. The van der Waals surface area contributed by atoms with Crippen LogP contribution in [0.2, 0.25) is 0 Å². The molecule has 138 valence electrons. The molecule has 0 spiro atoms. The molecule has 1 N–H and O–H groups in total. The number of benzene rings is 1. The quantitative estimate of drug-likeness (QED) is 0.843. The first kappa shape index (κ1) is 17.9. The maximum absolute atomic E-state index is 12.7. The molecule has 1 aromatic heterocycles. The van der Waals surface area contributed by atoms with Gasteiger partial charge in [-0.2, -0.15) is 4.98 Å². The monoisotopic (exact) mass is 359 g/mol. The molecule has 3 rings (SSSR count). The van der Waals surface area contributed by atoms with Gasteiger partial charge in [0.05, 0.1) is 0 Å². The molecule has 8 heteroatoms. The summed E-state index contributed by atoms with van der Waals surface area (Å²) in [5.74, 6) is 0.305. The number of nitrogens with zero attached hydrogens (tertiary/aromatic N) is 3. The smallest absolute Gasteiger partial charge is 0.329 e. The van der Waals surface area contributed by atoms with Crippen LogP contribution in [-0.2, 0) is 17.8 Å². The van der Waals surface area contributed by atoms with E-state index >= 15 is 0 Å². The van der Waals surface area contributed by atoms with Gasteiger partial charge in [-0.1, -0.05) is 12.1 Å². The van der Waals surface area contributed by atoms with Crippen molar-refractivity contribution in [3.05, 3.63) is 41.5 Å². The first-order chi connectivity index (χ1) is 12.4. The second kappa shape index (κ2) is 7.15. The van der Waals surface area contributed by atoms with E-state index < -0.39 is 11.5 Å². The number of ether oxygens (including phenoxy) is 1. The van der Waals surface area contributed by atoms with E-state index in [9.17, 15) is 14.7 Å². The van der Waals surface area contributed by atoms with Crippen LogP contribution in [-0.4, -0.2) is 44.1 Å². The molecular weight excluding hydrogens is 338 g/mol. The third-order valence-electron chi connectivity index (χ3n) is 4.63. The fourth-order valence-corrected chi connectivity index (χ4v) is 3.00. The van der Waals surface area contributed by atoms with E-state index in [1.54, 1.807) is 31.2 Å². The normalized spacial score (nSPS) is 19.5. The Bertz CT molecular complexity index is 801. The van der Waals surface area contributed by atoms with Crippen LogP contribution in [0.4, 0.5) is 0 Å². The minimum Gasteiger partial charge on any atom is -0.485 e. The highest BCUT2D eigenvalue weighted by atomic mass is 16.5. The molecule has 1 amide bonds. The number of hydrogen-bond acceptors (Lipinski definition) is 6. The van der Waals surface area contributed by atoms with Crippen molar-refractivity contribution in [2.45, 2.75) is 45.3 Å². The van der Waals surface area contributed by atoms with E-state index in [1.165, 1.54) is 4.90 Å². The zero-order valence-electron chi connectivity index (χ0n) is 14.8. The van der Waals surface area contributed by atoms with E-state index in [4.69, 9.17) is 9.26 Å². The van der Waals surface area contributed by atoms with Crippen molar-refractivity contribution in [2.24, 2.45) is 0 Å². The summed E-state index contributed by atoms with van der Waals surface area (Å²) >= 11 is 0. The fourth-order valence-electron chi connectivity index (χ4n) is 3.00. The van der Waals surface area contributed by atoms with Gasteiger partial charge in [0.1, 0.15) is 11.3 Å². The highest BCUT2D eigenvalue weighted by molar-refractivity contribution is 5.98. The maximum Gasteiger partial charge on any atom is 0.329 e. The Balaban J connectivity index is 1.65. The third-order valence-corrected chi connectivity index (χ3v) is 4.63. The predicted octanol–water partition coefficient (Wildman–Crippen LogP) is 2.29. The van der Waals surface area contributed by atoms with Gasteiger partial charge in [0.2, 0.25) is 11.7 Å². The van der Waals surface area contributed by atoms with Gasteiger partial charge in [-0.05, 0) is 44.0 Å². The van der Waals surface area contributed by atoms with Crippen molar-refractivity contribution in [2.75, 3.05) is 6.54 Å². The topological polar surface area (TPSA) is 106 Å². The number of hydrogen-bond donors (Lipinski definition) is 1. The lowest BCUT2D eigenvalue weighted by atomic mass is 9.98. The average molecular weight is 359 g/mol. The van der Waals surface area contributed by atoms with E-state index in [2.05, 4.69) is 10.1 Å². The predicted molar refractivity (Wildman–Crippen MR) is 90.8 cm³/mol. The van der Waals surface area contributed by atoms with Crippen LogP contribution in [0.15, 0.2) is 28.8 Å². The summed E-state index contributed by atoms with van der Waals surface area (Å²) in [6.45, 7) is 4.12. The molecule has 1 aromatic carbocycles. The van der Waals surface area contributed by atoms with Crippen LogP contribution in [0.25, 0.3) is 0 Å². The molecular formula is C18H21N3O5. The zero-order chi connectivity index (χ0) is 18.7. The molecule has 26 heavy (non-hydrogen) atoms.